The van der Waals surface area contributed by atoms with Crippen molar-refractivity contribution < 1.29 is 4.79 Å². The molecule has 1 amide bonds. The van der Waals surface area contributed by atoms with Crippen LogP contribution in [0.15, 0.2) is 24.3 Å². The van der Waals surface area contributed by atoms with Gasteiger partial charge in [0.1, 0.15) is 5.54 Å². The van der Waals surface area contributed by atoms with Crippen molar-refractivity contribution >= 4 is 5.91 Å². The minimum atomic E-state index is -0.716. The van der Waals surface area contributed by atoms with Crippen LogP contribution in [0.25, 0.3) is 0 Å². The van der Waals surface area contributed by atoms with E-state index < -0.39 is 5.54 Å². The number of hydrogen-bond acceptors (Lipinski definition) is 3. The van der Waals surface area contributed by atoms with Crippen LogP contribution in [0.1, 0.15) is 51.7 Å². The SMILES string of the molecule is CN(CC(=O)N[C@@](C)(C#N)C1CC1)Cc1ccc(C(C)(C)C)cc1. The van der Waals surface area contributed by atoms with Gasteiger partial charge in [-0.2, -0.15) is 5.26 Å². The van der Waals surface area contributed by atoms with E-state index >= 15 is 0 Å². The number of carbonyl (C=O) groups excluding carboxylic acids is 1. The van der Waals surface area contributed by atoms with Crippen LogP contribution in [0.3, 0.4) is 0 Å². The number of nitrogens with zero attached hydrogens (tertiary/aromatic N) is 2. The lowest BCUT2D eigenvalue weighted by Gasteiger charge is -2.25. The maximum atomic E-state index is 12.2. The van der Waals surface area contributed by atoms with Crippen molar-refractivity contribution in [2.24, 2.45) is 5.92 Å². The van der Waals surface area contributed by atoms with Crippen LogP contribution in [0.2, 0.25) is 0 Å². The van der Waals surface area contributed by atoms with E-state index in [1.54, 1.807) is 0 Å². The third-order valence-corrected chi connectivity index (χ3v) is 4.71. The summed E-state index contributed by atoms with van der Waals surface area (Å²) in [6.45, 7) is 9.43. The first-order valence-corrected chi connectivity index (χ1v) is 8.64. The van der Waals surface area contributed by atoms with Gasteiger partial charge in [0.2, 0.25) is 5.91 Å². The first-order valence-electron chi connectivity index (χ1n) is 8.64. The molecule has 2 rings (SSSR count). The zero-order valence-corrected chi connectivity index (χ0v) is 15.5. The molecule has 130 valence electrons. The van der Waals surface area contributed by atoms with Crippen molar-refractivity contribution in [3.63, 3.8) is 0 Å². The summed E-state index contributed by atoms with van der Waals surface area (Å²) >= 11 is 0. The Morgan fingerprint density at radius 1 is 1.25 bits per heavy atom. The summed E-state index contributed by atoms with van der Waals surface area (Å²) in [4.78, 5) is 14.2. The van der Waals surface area contributed by atoms with Crippen LogP contribution >= 0.6 is 0 Å². The van der Waals surface area contributed by atoms with Crippen LogP contribution in [0, 0.1) is 17.2 Å². The number of nitriles is 1. The Hall–Kier alpha value is -1.86. The van der Waals surface area contributed by atoms with Gasteiger partial charge >= 0.3 is 0 Å². The van der Waals surface area contributed by atoms with Crippen molar-refractivity contribution in [2.75, 3.05) is 13.6 Å². The number of hydrogen-bond donors (Lipinski definition) is 1. The highest BCUT2D eigenvalue weighted by Gasteiger charge is 2.43. The van der Waals surface area contributed by atoms with Crippen LogP contribution in [-0.2, 0) is 16.8 Å². The largest absolute Gasteiger partial charge is 0.337 e. The number of carbonyl (C=O) groups is 1. The molecule has 0 radical (unpaired) electrons. The molecule has 1 N–H and O–H groups in total. The molecule has 1 aromatic carbocycles. The molecule has 0 spiro atoms. The predicted octanol–water partition coefficient (Wildman–Crippen LogP) is 3.22. The minimum Gasteiger partial charge on any atom is -0.337 e. The molecule has 1 aliphatic carbocycles. The quantitative estimate of drug-likeness (QED) is 0.873. The lowest BCUT2D eigenvalue weighted by Crippen LogP contribution is -2.49. The first kappa shape index (κ1) is 18.5. The fourth-order valence-electron chi connectivity index (χ4n) is 2.93. The number of benzene rings is 1. The molecule has 1 saturated carbocycles. The molecule has 0 aromatic heterocycles. The van der Waals surface area contributed by atoms with Crippen LogP contribution in [-0.4, -0.2) is 29.9 Å². The van der Waals surface area contributed by atoms with E-state index in [1.165, 1.54) is 11.1 Å². The highest BCUT2D eigenvalue weighted by atomic mass is 16.2. The Bertz CT molecular complexity index is 620. The highest BCUT2D eigenvalue weighted by molar-refractivity contribution is 5.79. The maximum absolute atomic E-state index is 12.2. The topological polar surface area (TPSA) is 56.1 Å². The second-order valence-electron chi connectivity index (χ2n) is 8.26. The van der Waals surface area contributed by atoms with Crippen molar-refractivity contribution in [1.29, 1.82) is 5.26 Å². The van der Waals surface area contributed by atoms with Gasteiger partial charge in [0, 0.05) is 6.54 Å². The second kappa shape index (κ2) is 6.94. The lowest BCUT2D eigenvalue weighted by molar-refractivity contribution is -0.123. The molecule has 0 heterocycles. The van der Waals surface area contributed by atoms with Gasteiger partial charge < -0.3 is 5.32 Å². The Kier molecular flexibility index (Phi) is 5.35. The Balaban J connectivity index is 1.87. The molecule has 0 unspecified atom stereocenters. The van der Waals surface area contributed by atoms with E-state index in [-0.39, 0.29) is 11.3 Å². The average molecular weight is 327 g/mol. The number of nitrogens with one attached hydrogen (secondary N) is 1. The smallest absolute Gasteiger partial charge is 0.235 e. The lowest BCUT2D eigenvalue weighted by atomic mass is 9.87. The Labute approximate surface area is 145 Å². The monoisotopic (exact) mass is 327 g/mol. The minimum absolute atomic E-state index is 0.0836. The molecule has 0 bridgehead atoms. The summed E-state index contributed by atoms with van der Waals surface area (Å²) < 4.78 is 0. The van der Waals surface area contributed by atoms with Crippen molar-refractivity contribution in [2.45, 2.75) is 58.0 Å². The maximum Gasteiger partial charge on any atom is 0.235 e. The molecule has 4 heteroatoms. The van der Waals surface area contributed by atoms with Gasteiger partial charge in [0.15, 0.2) is 0 Å². The number of likely N-dealkylation sites (N-methyl/N-ethyl adjacent to an activating group) is 1. The standard InChI is InChI=1S/C20H29N3O/c1-19(2,3)16-8-6-15(7-9-16)12-23(5)13-18(24)22-20(4,14-21)17-10-11-17/h6-9,17H,10-13H2,1-5H3,(H,22,24)/t20-/m0/s1. The van der Waals surface area contributed by atoms with Gasteiger partial charge in [0.25, 0.3) is 0 Å². The summed E-state index contributed by atoms with van der Waals surface area (Å²) in [6.07, 6.45) is 2.06. The van der Waals surface area contributed by atoms with E-state index in [2.05, 4.69) is 56.4 Å². The Morgan fingerprint density at radius 2 is 1.83 bits per heavy atom. The molecule has 1 fully saturated rings. The summed E-state index contributed by atoms with van der Waals surface area (Å²) in [6, 6.07) is 10.8. The normalized spacial score (nSPS) is 17.2. The molecule has 4 nitrogen and oxygen atoms in total. The van der Waals surface area contributed by atoms with E-state index in [0.717, 1.165) is 12.8 Å². The zero-order valence-electron chi connectivity index (χ0n) is 15.5. The third-order valence-electron chi connectivity index (χ3n) is 4.71. The van der Waals surface area contributed by atoms with Gasteiger partial charge in [-0.3, -0.25) is 9.69 Å². The molecule has 24 heavy (non-hydrogen) atoms. The molecule has 1 atom stereocenters. The van der Waals surface area contributed by atoms with E-state index in [9.17, 15) is 10.1 Å². The van der Waals surface area contributed by atoms with Crippen LogP contribution < -0.4 is 5.32 Å². The number of amides is 1. The Morgan fingerprint density at radius 3 is 2.29 bits per heavy atom. The third kappa shape index (κ3) is 4.82. The zero-order chi connectivity index (χ0) is 18.0. The summed E-state index contributed by atoms with van der Waals surface area (Å²) in [5, 5.41) is 12.2. The summed E-state index contributed by atoms with van der Waals surface area (Å²) in [5.74, 6) is 0.224. The fourth-order valence-corrected chi connectivity index (χ4v) is 2.93. The number of rotatable bonds is 6. The average Bonchev–Trinajstić information content (AvgIpc) is 3.31. The van der Waals surface area contributed by atoms with Gasteiger partial charge in [-0.15, -0.1) is 0 Å². The van der Waals surface area contributed by atoms with Crippen LogP contribution in [0.5, 0.6) is 0 Å². The second-order valence-corrected chi connectivity index (χ2v) is 8.26. The summed E-state index contributed by atoms with van der Waals surface area (Å²) in [5.41, 5.74) is 1.92. The van der Waals surface area contributed by atoms with Gasteiger partial charge in [-0.25, -0.2) is 0 Å². The van der Waals surface area contributed by atoms with E-state index in [1.807, 2.05) is 18.9 Å². The molecular weight excluding hydrogens is 298 g/mol. The van der Waals surface area contributed by atoms with Gasteiger partial charge in [-0.1, -0.05) is 45.0 Å². The van der Waals surface area contributed by atoms with Crippen molar-refractivity contribution in [3.05, 3.63) is 35.4 Å². The van der Waals surface area contributed by atoms with Crippen molar-refractivity contribution in [3.8, 4) is 6.07 Å². The molecule has 0 aliphatic heterocycles. The summed E-state index contributed by atoms with van der Waals surface area (Å²) in [7, 11) is 1.93. The van der Waals surface area contributed by atoms with E-state index in [0.29, 0.717) is 19.0 Å². The molecule has 1 aromatic rings. The fraction of sp³-hybridized carbons (Fsp3) is 0.600. The highest BCUT2D eigenvalue weighted by Crippen LogP contribution is 2.39. The molecular formula is C20H29N3O. The first-order chi connectivity index (χ1) is 11.1. The van der Waals surface area contributed by atoms with E-state index in [4.69, 9.17) is 0 Å². The van der Waals surface area contributed by atoms with Crippen LogP contribution in [0.4, 0.5) is 0 Å². The van der Waals surface area contributed by atoms with Gasteiger partial charge in [0.05, 0.1) is 12.6 Å². The van der Waals surface area contributed by atoms with Gasteiger partial charge in [-0.05, 0) is 49.3 Å². The molecule has 0 saturated heterocycles. The predicted molar refractivity (Wildman–Crippen MR) is 96.4 cm³/mol. The molecule has 1 aliphatic rings. The van der Waals surface area contributed by atoms with Crippen molar-refractivity contribution in [1.82, 2.24) is 10.2 Å².